The average Bonchev–Trinajstić information content (AvgIpc) is 2.41. The molecule has 0 amide bonds. The van der Waals surface area contributed by atoms with Crippen LogP contribution in [0.4, 0.5) is 0 Å². The molecule has 0 heterocycles. The highest BCUT2D eigenvalue weighted by Gasteiger charge is 2.40. The molecular formula is C15H31N. The van der Waals surface area contributed by atoms with Crippen molar-refractivity contribution in [2.45, 2.75) is 60.4 Å². The Bertz CT molecular complexity index is 197. The van der Waals surface area contributed by atoms with Crippen molar-refractivity contribution in [3.8, 4) is 0 Å². The summed E-state index contributed by atoms with van der Waals surface area (Å²) in [6, 6.07) is 0.394. The van der Waals surface area contributed by atoms with Crippen LogP contribution in [0.2, 0.25) is 0 Å². The van der Waals surface area contributed by atoms with Gasteiger partial charge in [-0.25, -0.2) is 0 Å². The SMILES string of the molecule is CC(C)C(N)CCC1C(C)C(C)C(C)C1C. The lowest BCUT2D eigenvalue weighted by atomic mass is 9.83. The van der Waals surface area contributed by atoms with Crippen molar-refractivity contribution in [2.24, 2.45) is 41.2 Å². The summed E-state index contributed by atoms with van der Waals surface area (Å²) >= 11 is 0. The molecule has 0 aromatic rings. The van der Waals surface area contributed by atoms with Gasteiger partial charge in [0.2, 0.25) is 0 Å². The predicted molar refractivity (Wildman–Crippen MR) is 72.2 cm³/mol. The molecule has 1 aliphatic carbocycles. The van der Waals surface area contributed by atoms with Gasteiger partial charge in [-0.05, 0) is 48.3 Å². The summed E-state index contributed by atoms with van der Waals surface area (Å²) in [6.07, 6.45) is 2.53. The molecule has 0 bridgehead atoms. The normalized spacial score (nSPS) is 41.6. The minimum Gasteiger partial charge on any atom is -0.327 e. The van der Waals surface area contributed by atoms with Crippen molar-refractivity contribution in [3.63, 3.8) is 0 Å². The van der Waals surface area contributed by atoms with Crippen LogP contribution >= 0.6 is 0 Å². The highest BCUT2D eigenvalue weighted by molar-refractivity contribution is 4.89. The van der Waals surface area contributed by atoms with Crippen LogP contribution in [0.1, 0.15) is 54.4 Å². The molecule has 1 heteroatoms. The van der Waals surface area contributed by atoms with Crippen molar-refractivity contribution < 1.29 is 0 Å². The summed E-state index contributed by atoms with van der Waals surface area (Å²) in [6.45, 7) is 14.2. The summed E-state index contributed by atoms with van der Waals surface area (Å²) in [7, 11) is 0. The van der Waals surface area contributed by atoms with E-state index in [1.807, 2.05) is 0 Å². The summed E-state index contributed by atoms with van der Waals surface area (Å²) in [5.74, 6) is 5.05. The molecule has 1 rings (SSSR count). The first kappa shape index (κ1) is 14.0. The fraction of sp³-hybridized carbons (Fsp3) is 1.00. The van der Waals surface area contributed by atoms with Crippen molar-refractivity contribution in [1.29, 1.82) is 0 Å². The molecule has 0 saturated heterocycles. The lowest BCUT2D eigenvalue weighted by Gasteiger charge is -2.24. The maximum absolute atomic E-state index is 6.15. The Balaban J connectivity index is 2.48. The molecule has 0 aliphatic heterocycles. The Labute approximate surface area is 102 Å². The first-order chi connectivity index (χ1) is 7.36. The third kappa shape index (κ3) is 2.80. The maximum atomic E-state index is 6.15. The molecule has 0 aromatic heterocycles. The Hall–Kier alpha value is -0.0400. The molecule has 96 valence electrons. The molecule has 5 unspecified atom stereocenters. The second-order valence-corrected chi connectivity index (χ2v) is 6.59. The van der Waals surface area contributed by atoms with Crippen molar-refractivity contribution in [3.05, 3.63) is 0 Å². The second-order valence-electron chi connectivity index (χ2n) is 6.59. The van der Waals surface area contributed by atoms with Gasteiger partial charge < -0.3 is 5.73 Å². The third-order valence-electron chi connectivity index (χ3n) is 5.53. The zero-order valence-corrected chi connectivity index (χ0v) is 12.0. The van der Waals surface area contributed by atoms with E-state index >= 15 is 0 Å². The van der Waals surface area contributed by atoms with E-state index in [0.717, 1.165) is 29.6 Å². The van der Waals surface area contributed by atoms with E-state index < -0.39 is 0 Å². The molecule has 2 N–H and O–H groups in total. The van der Waals surface area contributed by atoms with E-state index in [4.69, 9.17) is 5.73 Å². The van der Waals surface area contributed by atoms with E-state index in [1.54, 1.807) is 0 Å². The molecule has 0 radical (unpaired) electrons. The van der Waals surface area contributed by atoms with Crippen LogP contribution in [0.15, 0.2) is 0 Å². The topological polar surface area (TPSA) is 26.0 Å². The fourth-order valence-corrected chi connectivity index (χ4v) is 3.46. The summed E-state index contributed by atoms with van der Waals surface area (Å²) in [5.41, 5.74) is 6.15. The molecule has 1 aliphatic rings. The maximum Gasteiger partial charge on any atom is 0.00620 e. The Morgan fingerprint density at radius 2 is 1.31 bits per heavy atom. The van der Waals surface area contributed by atoms with Gasteiger partial charge in [0.05, 0.1) is 0 Å². The van der Waals surface area contributed by atoms with Crippen LogP contribution in [-0.2, 0) is 0 Å². The van der Waals surface area contributed by atoms with Gasteiger partial charge >= 0.3 is 0 Å². The number of hydrogen-bond acceptors (Lipinski definition) is 1. The van der Waals surface area contributed by atoms with E-state index in [1.165, 1.54) is 12.8 Å². The van der Waals surface area contributed by atoms with Gasteiger partial charge in [0.25, 0.3) is 0 Å². The monoisotopic (exact) mass is 225 g/mol. The van der Waals surface area contributed by atoms with Crippen LogP contribution in [0.5, 0.6) is 0 Å². The van der Waals surface area contributed by atoms with Gasteiger partial charge in [-0.3, -0.25) is 0 Å². The highest BCUT2D eigenvalue weighted by Crippen LogP contribution is 2.47. The Morgan fingerprint density at radius 3 is 1.69 bits per heavy atom. The van der Waals surface area contributed by atoms with Crippen LogP contribution in [0, 0.1) is 35.5 Å². The van der Waals surface area contributed by atoms with Gasteiger partial charge in [-0.1, -0.05) is 41.5 Å². The Kier molecular flexibility index (Phi) is 4.85. The standard InChI is InChI=1S/C15H31N/c1-9(2)15(16)8-7-14-12(5)10(3)11(4)13(14)6/h9-15H,7-8,16H2,1-6H3. The van der Waals surface area contributed by atoms with Gasteiger partial charge in [0, 0.05) is 6.04 Å². The van der Waals surface area contributed by atoms with Crippen molar-refractivity contribution >= 4 is 0 Å². The van der Waals surface area contributed by atoms with Crippen LogP contribution in [0.3, 0.4) is 0 Å². The molecule has 0 aromatic carbocycles. The molecule has 1 nitrogen and oxygen atoms in total. The first-order valence-electron chi connectivity index (χ1n) is 7.11. The lowest BCUT2D eigenvalue weighted by Crippen LogP contribution is -2.28. The number of hydrogen-bond donors (Lipinski definition) is 1. The van der Waals surface area contributed by atoms with E-state index in [0.29, 0.717) is 12.0 Å². The van der Waals surface area contributed by atoms with Gasteiger partial charge in [0.1, 0.15) is 0 Å². The molecule has 1 saturated carbocycles. The van der Waals surface area contributed by atoms with Gasteiger partial charge in [-0.15, -0.1) is 0 Å². The van der Waals surface area contributed by atoms with E-state index in [-0.39, 0.29) is 0 Å². The summed E-state index contributed by atoms with van der Waals surface area (Å²) in [5, 5.41) is 0. The van der Waals surface area contributed by atoms with Crippen LogP contribution in [0.25, 0.3) is 0 Å². The Morgan fingerprint density at radius 1 is 0.875 bits per heavy atom. The lowest BCUT2D eigenvalue weighted by molar-refractivity contribution is 0.275. The minimum atomic E-state index is 0.394. The van der Waals surface area contributed by atoms with E-state index in [9.17, 15) is 0 Å². The van der Waals surface area contributed by atoms with Gasteiger partial charge in [-0.2, -0.15) is 0 Å². The average molecular weight is 225 g/mol. The largest absolute Gasteiger partial charge is 0.327 e. The zero-order chi connectivity index (χ0) is 12.5. The number of nitrogens with two attached hydrogens (primary N) is 1. The quantitative estimate of drug-likeness (QED) is 0.771. The smallest absolute Gasteiger partial charge is 0.00620 e. The first-order valence-corrected chi connectivity index (χ1v) is 7.11. The van der Waals surface area contributed by atoms with Crippen LogP contribution < -0.4 is 5.73 Å². The summed E-state index contributed by atoms with van der Waals surface area (Å²) in [4.78, 5) is 0. The van der Waals surface area contributed by atoms with Crippen molar-refractivity contribution in [1.82, 2.24) is 0 Å². The number of rotatable bonds is 4. The zero-order valence-electron chi connectivity index (χ0n) is 12.0. The minimum absolute atomic E-state index is 0.394. The fourth-order valence-electron chi connectivity index (χ4n) is 3.46. The van der Waals surface area contributed by atoms with Crippen LogP contribution in [-0.4, -0.2) is 6.04 Å². The molecule has 16 heavy (non-hydrogen) atoms. The molecule has 0 spiro atoms. The predicted octanol–water partition coefficient (Wildman–Crippen LogP) is 3.92. The van der Waals surface area contributed by atoms with E-state index in [2.05, 4.69) is 41.5 Å². The van der Waals surface area contributed by atoms with Gasteiger partial charge in [0.15, 0.2) is 0 Å². The third-order valence-corrected chi connectivity index (χ3v) is 5.53. The molecule has 1 fully saturated rings. The highest BCUT2D eigenvalue weighted by atomic mass is 14.6. The molecular weight excluding hydrogens is 194 g/mol. The van der Waals surface area contributed by atoms with Crippen molar-refractivity contribution in [2.75, 3.05) is 0 Å². The second kappa shape index (κ2) is 5.53. The molecule has 5 atom stereocenters. The summed E-state index contributed by atoms with van der Waals surface area (Å²) < 4.78 is 0.